The van der Waals surface area contributed by atoms with Gasteiger partial charge in [-0.3, -0.25) is 0 Å². The molecule has 0 bridgehead atoms. The summed E-state index contributed by atoms with van der Waals surface area (Å²) in [4.78, 5) is 4.60. The minimum Gasteiger partial charge on any atom is -0.436 e. The van der Waals surface area contributed by atoms with Crippen molar-refractivity contribution in [2.24, 2.45) is 5.92 Å². The van der Waals surface area contributed by atoms with Crippen LogP contribution >= 0.6 is 23.2 Å². The first-order valence-corrected chi connectivity index (χ1v) is 13.6. The molecule has 1 aromatic heterocycles. The number of benzene rings is 2. The molecule has 3 aromatic rings. The summed E-state index contributed by atoms with van der Waals surface area (Å²) in [5.41, 5.74) is 0.760. The number of hydrogen-bond donors (Lipinski definition) is 1. The number of nitrogens with zero attached hydrogens (tertiary/aromatic N) is 2. The molecule has 0 unspecified atom stereocenters. The number of quaternary nitrogens is 1. The van der Waals surface area contributed by atoms with Crippen molar-refractivity contribution in [2.75, 3.05) is 33.9 Å². The summed E-state index contributed by atoms with van der Waals surface area (Å²) in [5, 5.41) is 13.2. The SMILES string of the molecule is C[N+](C)(CCOCCc1ccc(Cl)c(Cl)c1)Cc1cnc([C@](O)(c2ccccc2)C2CCCCC2)o1. The molecule has 1 aliphatic carbocycles. The number of likely N-dealkylation sites (N-methyl/N-ethyl adjacent to an activating group) is 1. The van der Waals surface area contributed by atoms with Gasteiger partial charge in [0.25, 0.3) is 0 Å². The van der Waals surface area contributed by atoms with Crippen LogP contribution in [-0.4, -0.2) is 48.4 Å². The fourth-order valence-corrected chi connectivity index (χ4v) is 5.42. The van der Waals surface area contributed by atoms with Crippen LogP contribution in [0.1, 0.15) is 54.9 Å². The molecule has 0 radical (unpaired) electrons. The van der Waals surface area contributed by atoms with Crippen molar-refractivity contribution in [1.29, 1.82) is 0 Å². The van der Waals surface area contributed by atoms with Gasteiger partial charge in [0.05, 0.1) is 43.6 Å². The van der Waals surface area contributed by atoms with E-state index in [4.69, 9.17) is 32.4 Å². The molecule has 194 valence electrons. The van der Waals surface area contributed by atoms with Crippen LogP contribution in [-0.2, 0) is 23.3 Å². The monoisotopic (exact) mass is 531 g/mol. The second kappa shape index (κ2) is 12.1. The molecule has 1 heterocycles. The van der Waals surface area contributed by atoms with E-state index in [-0.39, 0.29) is 5.92 Å². The van der Waals surface area contributed by atoms with Gasteiger partial charge in [-0.1, -0.05) is 78.9 Å². The van der Waals surface area contributed by atoms with Crippen LogP contribution in [0.5, 0.6) is 0 Å². The molecule has 1 atom stereocenters. The Hall–Kier alpha value is -1.89. The van der Waals surface area contributed by atoms with Crippen LogP contribution in [0.3, 0.4) is 0 Å². The van der Waals surface area contributed by atoms with Crippen LogP contribution in [0.25, 0.3) is 0 Å². The number of aromatic nitrogens is 1. The Morgan fingerprint density at radius 1 is 1.03 bits per heavy atom. The number of oxazole rings is 1. The topological polar surface area (TPSA) is 55.5 Å². The highest BCUT2D eigenvalue weighted by Gasteiger charge is 2.44. The van der Waals surface area contributed by atoms with E-state index in [0.717, 1.165) is 55.5 Å². The molecular weight excluding hydrogens is 495 g/mol. The molecule has 4 rings (SSSR count). The van der Waals surface area contributed by atoms with Gasteiger partial charge < -0.3 is 18.7 Å². The van der Waals surface area contributed by atoms with Crippen LogP contribution in [0.2, 0.25) is 10.0 Å². The van der Waals surface area contributed by atoms with E-state index in [1.165, 1.54) is 6.42 Å². The fraction of sp³-hybridized carbons (Fsp3) is 0.483. The predicted molar refractivity (Wildman–Crippen MR) is 144 cm³/mol. The first kappa shape index (κ1) is 27.2. The number of aliphatic hydroxyl groups is 1. The summed E-state index contributed by atoms with van der Waals surface area (Å²) < 4.78 is 12.8. The number of ether oxygens (including phenoxy) is 1. The van der Waals surface area contributed by atoms with Crippen LogP contribution < -0.4 is 0 Å². The van der Waals surface area contributed by atoms with Crippen molar-refractivity contribution in [3.8, 4) is 0 Å². The van der Waals surface area contributed by atoms with E-state index < -0.39 is 5.60 Å². The summed E-state index contributed by atoms with van der Waals surface area (Å²) in [7, 11) is 4.30. The Morgan fingerprint density at radius 2 is 1.78 bits per heavy atom. The smallest absolute Gasteiger partial charge is 0.231 e. The maximum Gasteiger partial charge on any atom is 0.231 e. The van der Waals surface area contributed by atoms with Gasteiger partial charge >= 0.3 is 0 Å². The van der Waals surface area contributed by atoms with E-state index in [1.54, 1.807) is 6.20 Å². The minimum absolute atomic E-state index is 0.103. The highest BCUT2D eigenvalue weighted by molar-refractivity contribution is 6.42. The molecule has 2 aromatic carbocycles. The van der Waals surface area contributed by atoms with Gasteiger partial charge in [-0.05, 0) is 42.5 Å². The van der Waals surface area contributed by atoms with E-state index in [0.29, 0.717) is 40.2 Å². The third kappa shape index (κ3) is 6.70. The Kier molecular flexibility index (Phi) is 9.13. The number of rotatable bonds is 11. The maximum absolute atomic E-state index is 12.0. The van der Waals surface area contributed by atoms with Gasteiger partial charge in [-0.2, -0.15) is 0 Å². The van der Waals surface area contributed by atoms with Crippen molar-refractivity contribution >= 4 is 23.2 Å². The van der Waals surface area contributed by atoms with Gasteiger partial charge in [0, 0.05) is 5.92 Å². The molecule has 1 N–H and O–H groups in total. The Balaban J connectivity index is 1.35. The summed E-state index contributed by atoms with van der Waals surface area (Å²) in [6.07, 6.45) is 7.99. The average molecular weight is 533 g/mol. The lowest BCUT2D eigenvalue weighted by molar-refractivity contribution is -0.904. The normalized spacial score (nSPS) is 16.7. The van der Waals surface area contributed by atoms with Crippen molar-refractivity contribution in [3.05, 3.63) is 87.6 Å². The van der Waals surface area contributed by atoms with Gasteiger partial charge in [0.1, 0.15) is 13.1 Å². The van der Waals surface area contributed by atoms with Crippen LogP contribution in [0.4, 0.5) is 0 Å². The Morgan fingerprint density at radius 3 is 2.50 bits per heavy atom. The molecule has 1 aliphatic rings. The molecule has 0 spiro atoms. The van der Waals surface area contributed by atoms with Gasteiger partial charge in [-0.15, -0.1) is 0 Å². The van der Waals surface area contributed by atoms with Crippen LogP contribution in [0, 0.1) is 5.92 Å². The quantitative estimate of drug-likeness (QED) is 0.222. The molecular formula is C29H37Cl2N2O3+. The number of halogens is 2. The van der Waals surface area contributed by atoms with Gasteiger partial charge in [-0.25, -0.2) is 4.98 Å². The second-order valence-electron chi connectivity index (χ2n) is 10.5. The highest BCUT2D eigenvalue weighted by atomic mass is 35.5. The fourth-order valence-electron chi connectivity index (χ4n) is 5.10. The minimum atomic E-state index is -1.20. The maximum atomic E-state index is 12.0. The lowest BCUT2D eigenvalue weighted by Crippen LogP contribution is -2.41. The highest BCUT2D eigenvalue weighted by Crippen LogP contribution is 2.43. The first-order valence-electron chi connectivity index (χ1n) is 12.8. The Labute approximate surface area is 224 Å². The average Bonchev–Trinajstić information content (AvgIpc) is 3.34. The van der Waals surface area contributed by atoms with Crippen molar-refractivity contribution in [3.63, 3.8) is 0 Å². The largest absolute Gasteiger partial charge is 0.436 e. The van der Waals surface area contributed by atoms with E-state index in [9.17, 15) is 5.11 Å². The molecule has 0 aliphatic heterocycles. The van der Waals surface area contributed by atoms with Gasteiger partial charge in [0.15, 0.2) is 11.4 Å². The van der Waals surface area contributed by atoms with Gasteiger partial charge in [0.2, 0.25) is 5.89 Å². The zero-order chi connectivity index (χ0) is 25.6. The van der Waals surface area contributed by atoms with Crippen molar-refractivity contribution in [1.82, 2.24) is 4.98 Å². The zero-order valence-electron chi connectivity index (χ0n) is 21.3. The standard InChI is InChI=1S/C29H37Cl2N2O3/c1-33(2,16-18-35-17-15-22-13-14-26(30)27(31)19-22)21-25-20-32-28(36-25)29(34,23-9-5-3-6-10-23)24-11-7-4-8-12-24/h3,5-6,9-10,13-14,19-20,24,34H,4,7-8,11-12,15-18,21H2,1-2H3/q+1/t29-/m0/s1. The van der Waals surface area contributed by atoms with Crippen molar-refractivity contribution < 1.29 is 18.7 Å². The molecule has 1 saturated carbocycles. The lowest BCUT2D eigenvalue weighted by Gasteiger charge is -2.36. The molecule has 36 heavy (non-hydrogen) atoms. The summed E-state index contributed by atoms with van der Waals surface area (Å²) in [6.45, 7) is 2.74. The van der Waals surface area contributed by atoms with E-state index in [2.05, 4.69) is 19.1 Å². The first-order chi connectivity index (χ1) is 17.3. The summed E-state index contributed by atoms with van der Waals surface area (Å²) in [6, 6.07) is 15.5. The zero-order valence-corrected chi connectivity index (χ0v) is 22.8. The third-order valence-corrected chi connectivity index (χ3v) is 7.97. The van der Waals surface area contributed by atoms with Crippen LogP contribution in [0.15, 0.2) is 59.1 Å². The number of hydrogen-bond acceptors (Lipinski definition) is 4. The predicted octanol–water partition coefficient (Wildman–Crippen LogP) is 6.63. The summed E-state index contributed by atoms with van der Waals surface area (Å²) >= 11 is 12.1. The molecule has 0 saturated heterocycles. The Bertz CT molecular complexity index is 1110. The molecule has 0 amide bonds. The van der Waals surface area contributed by atoms with Crippen molar-refractivity contribution in [2.45, 2.75) is 50.7 Å². The summed E-state index contributed by atoms with van der Waals surface area (Å²) in [5.74, 6) is 1.29. The molecule has 7 heteroatoms. The molecule has 1 fully saturated rings. The second-order valence-corrected chi connectivity index (χ2v) is 11.3. The third-order valence-electron chi connectivity index (χ3n) is 7.23. The van der Waals surface area contributed by atoms with E-state index >= 15 is 0 Å². The van der Waals surface area contributed by atoms with E-state index in [1.807, 2.05) is 48.5 Å². The lowest BCUT2D eigenvalue weighted by atomic mass is 9.73. The molecule has 5 nitrogen and oxygen atoms in total.